The lowest BCUT2D eigenvalue weighted by Gasteiger charge is -2.33. The summed E-state index contributed by atoms with van der Waals surface area (Å²) in [5.41, 5.74) is 6.51. The number of anilines is 1. The van der Waals surface area contributed by atoms with Crippen LogP contribution in [0.25, 0.3) is 11.0 Å². The predicted molar refractivity (Wildman–Crippen MR) is 65.0 cm³/mol. The molecule has 1 aliphatic heterocycles. The van der Waals surface area contributed by atoms with Gasteiger partial charge >= 0.3 is 0 Å². The summed E-state index contributed by atoms with van der Waals surface area (Å²) in [5, 5.41) is 1.05. The number of morpholine rings is 1. The van der Waals surface area contributed by atoms with Crippen LogP contribution in [-0.4, -0.2) is 37.3 Å². The summed E-state index contributed by atoms with van der Waals surface area (Å²) in [6.45, 7) is 2.86. The number of nitrogens with two attached hydrogens (primary N) is 1. The van der Waals surface area contributed by atoms with Crippen LogP contribution in [0.3, 0.4) is 0 Å². The zero-order valence-electron chi connectivity index (χ0n) is 9.50. The number of hydrogen-bond acceptors (Lipinski definition) is 5. The molecular formula is C12H15N3O2. The molecule has 0 radical (unpaired) electrons. The third-order valence-corrected chi connectivity index (χ3v) is 3.06. The van der Waals surface area contributed by atoms with E-state index >= 15 is 0 Å². The number of aromatic nitrogens is 1. The lowest BCUT2D eigenvalue weighted by Crippen LogP contribution is -2.46. The quantitative estimate of drug-likeness (QED) is 0.838. The molecular weight excluding hydrogens is 218 g/mol. The van der Waals surface area contributed by atoms with Crippen molar-refractivity contribution in [1.82, 2.24) is 4.98 Å². The van der Waals surface area contributed by atoms with E-state index in [0.29, 0.717) is 13.2 Å². The summed E-state index contributed by atoms with van der Waals surface area (Å²) in [5.74, 6) is 0.956. The molecule has 0 aliphatic carbocycles. The molecule has 2 N–H and O–H groups in total. The normalized spacial score (nSPS) is 21.0. The van der Waals surface area contributed by atoms with Crippen molar-refractivity contribution in [2.45, 2.75) is 6.10 Å². The van der Waals surface area contributed by atoms with Crippen LogP contribution in [0, 0.1) is 0 Å². The Kier molecular flexibility index (Phi) is 2.70. The van der Waals surface area contributed by atoms with Crippen LogP contribution < -0.4 is 10.6 Å². The summed E-state index contributed by atoms with van der Waals surface area (Å²) >= 11 is 0. The van der Waals surface area contributed by atoms with Gasteiger partial charge in [-0.25, -0.2) is 4.98 Å². The van der Waals surface area contributed by atoms with Crippen molar-refractivity contribution in [2.75, 3.05) is 31.1 Å². The highest BCUT2D eigenvalue weighted by atomic mass is 16.5. The highest BCUT2D eigenvalue weighted by molar-refractivity contribution is 5.88. The molecule has 0 spiro atoms. The Hall–Kier alpha value is -1.59. The second-order valence-electron chi connectivity index (χ2n) is 4.14. The van der Waals surface area contributed by atoms with Crippen molar-refractivity contribution in [1.29, 1.82) is 0 Å². The molecule has 17 heavy (non-hydrogen) atoms. The maximum Gasteiger partial charge on any atom is 0.139 e. The Bertz CT molecular complexity index is 511. The maximum atomic E-state index is 5.65. The summed E-state index contributed by atoms with van der Waals surface area (Å²) in [6.07, 6.45) is 3.55. The van der Waals surface area contributed by atoms with Crippen molar-refractivity contribution >= 4 is 16.8 Å². The minimum atomic E-state index is 0.0905. The largest absolute Gasteiger partial charge is 0.464 e. The van der Waals surface area contributed by atoms with Crippen molar-refractivity contribution < 1.29 is 9.15 Å². The minimum absolute atomic E-state index is 0.0905. The second-order valence-corrected chi connectivity index (χ2v) is 4.14. The van der Waals surface area contributed by atoms with Crippen LogP contribution >= 0.6 is 0 Å². The summed E-state index contributed by atoms with van der Waals surface area (Å²) in [6, 6.07) is 3.82. The maximum absolute atomic E-state index is 5.65. The number of nitrogens with zero attached hydrogens (tertiary/aromatic N) is 2. The van der Waals surface area contributed by atoms with Gasteiger partial charge in [-0.1, -0.05) is 0 Å². The van der Waals surface area contributed by atoms with Gasteiger partial charge in [0.2, 0.25) is 0 Å². The van der Waals surface area contributed by atoms with E-state index < -0.39 is 0 Å². The van der Waals surface area contributed by atoms with E-state index in [1.54, 1.807) is 12.5 Å². The number of pyridine rings is 1. The average molecular weight is 233 g/mol. The molecule has 0 bridgehead atoms. The second kappa shape index (κ2) is 4.35. The predicted octanol–water partition coefficient (Wildman–Crippen LogP) is 0.992. The van der Waals surface area contributed by atoms with Gasteiger partial charge in [0.25, 0.3) is 0 Å². The van der Waals surface area contributed by atoms with Gasteiger partial charge in [0.15, 0.2) is 0 Å². The van der Waals surface area contributed by atoms with Gasteiger partial charge in [-0.2, -0.15) is 0 Å². The lowest BCUT2D eigenvalue weighted by atomic mass is 10.2. The number of fused-ring (bicyclic) bond motifs is 1. The number of ether oxygens (including phenoxy) is 1. The Morgan fingerprint density at radius 2 is 2.41 bits per heavy atom. The van der Waals surface area contributed by atoms with Crippen LogP contribution in [0.2, 0.25) is 0 Å². The third kappa shape index (κ3) is 1.87. The highest BCUT2D eigenvalue weighted by Gasteiger charge is 2.22. The SMILES string of the molecule is NCC1CN(c2nccc3occc23)CCO1. The third-order valence-electron chi connectivity index (χ3n) is 3.06. The average Bonchev–Trinajstić information content (AvgIpc) is 2.87. The van der Waals surface area contributed by atoms with E-state index in [9.17, 15) is 0 Å². The smallest absolute Gasteiger partial charge is 0.139 e. The van der Waals surface area contributed by atoms with Crippen LogP contribution in [0.1, 0.15) is 0 Å². The molecule has 1 fully saturated rings. The van der Waals surface area contributed by atoms with Crippen LogP contribution in [0.15, 0.2) is 29.0 Å². The van der Waals surface area contributed by atoms with Gasteiger partial charge < -0.3 is 19.8 Å². The Morgan fingerprint density at radius 3 is 3.29 bits per heavy atom. The molecule has 1 atom stereocenters. The van der Waals surface area contributed by atoms with E-state index in [0.717, 1.165) is 29.9 Å². The van der Waals surface area contributed by atoms with Crippen molar-refractivity contribution in [3.63, 3.8) is 0 Å². The summed E-state index contributed by atoms with van der Waals surface area (Å²) < 4.78 is 10.9. The molecule has 3 heterocycles. The first-order valence-electron chi connectivity index (χ1n) is 5.77. The molecule has 0 amide bonds. The minimum Gasteiger partial charge on any atom is -0.464 e. The molecule has 1 aliphatic rings. The monoisotopic (exact) mass is 233 g/mol. The molecule has 1 unspecified atom stereocenters. The van der Waals surface area contributed by atoms with Crippen LogP contribution in [0.5, 0.6) is 0 Å². The van der Waals surface area contributed by atoms with E-state index in [4.69, 9.17) is 14.9 Å². The van der Waals surface area contributed by atoms with E-state index in [2.05, 4.69) is 9.88 Å². The molecule has 2 aromatic rings. The fraction of sp³-hybridized carbons (Fsp3) is 0.417. The van der Waals surface area contributed by atoms with E-state index in [1.807, 2.05) is 12.1 Å². The van der Waals surface area contributed by atoms with Crippen LogP contribution in [-0.2, 0) is 4.74 Å². The lowest BCUT2D eigenvalue weighted by molar-refractivity contribution is 0.0464. The van der Waals surface area contributed by atoms with Gasteiger partial charge in [0.1, 0.15) is 11.4 Å². The van der Waals surface area contributed by atoms with Crippen molar-refractivity contribution in [3.8, 4) is 0 Å². The van der Waals surface area contributed by atoms with Crippen LogP contribution in [0.4, 0.5) is 5.82 Å². The zero-order valence-corrected chi connectivity index (χ0v) is 9.50. The van der Waals surface area contributed by atoms with E-state index in [1.165, 1.54) is 0 Å². The Balaban J connectivity index is 1.94. The summed E-state index contributed by atoms with van der Waals surface area (Å²) in [4.78, 5) is 6.65. The van der Waals surface area contributed by atoms with Gasteiger partial charge in [0.05, 0.1) is 24.4 Å². The van der Waals surface area contributed by atoms with Crippen molar-refractivity contribution in [2.24, 2.45) is 5.73 Å². The highest BCUT2D eigenvalue weighted by Crippen LogP contribution is 2.26. The first-order valence-corrected chi connectivity index (χ1v) is 5.77. The number of hydrogen-bond donors (Lipinski definition) is 1. The first kappa shape index (κ1) is 10.6. The zero-order chi connectivity index (χ0) is 11.7. The molecule has 5 heteroatoms. The molecule has 90 valence electrons. The number of furan rings is 1. The molecule has 0 aromatic carbocycles. The molecule has 0 saturated carbocycles. The van der Waals surface area contributed by atoms with Gasteiger partial charge in [-0.15, -0.1) is 0 Å². The standard InChI is InChI=1S/C12H15N3O2/c13-7-9-8-15(4-6-16-9)12-10-2-5-17-11(10)1-3-14-12/h1-3,5,9H,4,6-8,13H2. The molecule has 3 rings (SSSR count). The van der Waals surface area contributed by atoms with Crippen molar-refractivity contribution in [3.05, 3.63) is 24.6 Å². The molecule has 1 saturated heterocycles. The fourth-order valence-corrected chi connectivity index (χ4v) is 2.19. The topological polar surface area (TPSA) is 64.5 Å². The van der Waals surface area contributed by atoms with Gasteiger partial charge in [-0.3, -0.25) is 0 Å². The fourth-order valence-electron chi connectivity index (χ4n) is 2.19. The Labute approximate surface area is 99.2 Å². The Morgan fingerprint density at radius 1 is 1.47 bits per heavy atom. The van der Waals surface area contributed by atoms with Gasteiger partial charge in [0, 0.05) is 25.8 Å². The van der Waals surface area contributed by atoms with E-state index in [-0.39, 0.29) is 6.10 Å². The summed E-state index contributed by atoms with van der Waals surface area (Å²) in [7, 11) is 0. The molecule has 2 aromatic heterocycles. The molecule has 5 nitrogen and oxygen atoms in total. The van der Waals surface area contributed by atoms with Gasteiger partial charge in [-0.05, 0) is 12.1 Å². The number of rotatable bonds is 2. The first-order chi connectivity index (χ1) is 8.38.